The van der Waals surface area contributed by atoms with E-state index in [2.05, 4.69) is 15.3 Å². The Morgan fingerprint density at radius 1 is 1.46 bits per heavy atom. The van der Waals surface area contributed by atoms with E-state index in [4.69, 9.17) is 0 Å². The number of hydrogen-bond acceptors (Lipinski definition) is 3. The summed E-state index contributed by atoms with van der Waals surface area (Å²) < 4.78 is 3.02. The smallest absolute Gasteiger partial charge is 0.266 e. The number of aromatic amines is 1. The lowest BCUT2D eigenvalue weighted by Crippen LogP contribution is -2.15. The van der Waals surface area contributed by atoms with Crippen LogP contribution >= 0.6 is 45.2 Å². The van der Waals surface area contributed by atoms with Crippen LogP contribution in [0.1, 0.15) is 5.69 Å². The van der Waals surface area contributed by atoms with Gasteiger partial charge in [0.1, 0.15) is 3.57 Å². The Morgan fingerprint density at radius 3 is 2.85 bits per heavy atom. The molecule has 0 bridgehead atoms. The fraction of sp³-hybridized carbons (Fsp3) is 0.167. The van der Waals surface area contributed by atoms with Gasteiger partial charge < -0.3 is 0 Å². The van der Waals surface area contributed by atoms with Crippen LogP contribution in [0, 0.1) is 14.2 Å². The summed E-state index contributed by atoms with van der Waals surface area (Å²) in [5, 5.41) is 6.74. The van der Waals surface area contributed by atoms with Crippen molar-refractivity contribution in [3.63, 3.8) is 0 Å². The Kier molecular flexibility index (Phi) is 2.30. The maximum absolute atomic E-state index is 11.3. The number of nitrogens with one attached hydrogen (secondary N) is 1. The highest BCUT2D eigenvalue weighted by molar-refractivity contribution is 14.1. The summed E-state index contributed by atoms with van der Waals surface area (Å²) in [6, 6.07) is 0. The van der Waals surface area contributed by atoms with Crippen LogP contribution in [0.25, 0.3) is 5.65 Å². The van der Waals surface area contributed by atoms with Gasteiger partial charge in [-0.3, -0.25) is 4.79 Å². The zero-order chi connectivity index (χ0) is 9.59. The topological polar surface area (TPSA) is 63.0 Å². The van der Waals surface area contributed by atoms with Crippen molar-refractivity contribution < 1.29 is 0 Å². The van der Waals surface area contributed by atoms with E-state index in [1.807, 2.05) is 52.1 Å². The van der Waals surface area contributed by atoms with Crippen molar-refractivity contribution in [2.75, 3.05) is 0 Å². The van der Waals surface area contributed by atoms with Crippen molar-refractivity contribution in [2.45, 2.75) is 6.92 Å². The minimum absolute atomic E-state index is 0.197. The molecule has 0 saturated carbocycles. The fourth-order valence-electron chi connectivity index (χ4n) is 1.01. The van der Waals surface area contributed by atoms with E-state index < -0.39 is 0 Å². The summed E-state index contributed by atoms with van der Waals surface area (Å²) in [4.78, 5) is 15.2. The van der Waals surface area contributed by atoms with Gasteiger partial charge in [-0.05, 0) is 52.1 Å². The molecule has 0 fully saturated rings. The normalized spacial score (nSPS) is 11.0. The van der Waals surface area contributed by atoms with Crippen LogP contribution in [-0.2, 0) is 0 Å². The third-order valence-electron chi connectivity index (χ3n) is 1.69. The van der Waals surface area contributed by atoms with Crippen molar-refractivity contribution in [1.29, 1.82) is 0 Å². The number of fused-ring (bicyclic) bond motifs is 1. The van der Waals surface area contributed by atoms with Gasteiger partial charge in [0.15, 0.2) is 9.35 Å². The van der Waals surface area contributed by atoms with E-state index >= 15 is 0 Å². The monoisotopic (exact) mass is 402 g/mol. The Bertz CT molecular complexity index is 529. The van der Waals surface area contributed by atoms with Gasteiger partial charge in [-0.15, -0.1) is 5.10 Å². The number of H-pyrrole nitrogens is 1. The zero-order valence-corrected chi connectivity index (χ0v) is 10.8. The van der Waals surface area contributed by atoms with E-state index in [1.54, 1.807) is 4.52 Å². The fourth-order valence-corrected chi connectivity index (χ4v) is 1.84. The van der Waals surface area contributed by atoms with Crippen LogP contribution in [0.2, 0.25) is 0 Å². The standard InChI is InChI=1S/C6H4I2N4O/c1-2-3(7)6(13)9-5-4(8)10-11-12(2)5/h11H,1H3. The average Bonchev–Trinajstić information content (AvgIpc) is 2.45. The Labute approximate surface area is 100 Å². The molecule has 0 aromatic carbocycles. The number of rotatable bonds is 0. The largest absolute Gasteiger partial charge is 0.287 e. The molecule has 0 atom stereocenters. The minimum Gasteiger partial charge on any atom is -0.266 e. The van der Waals surface area contributed by atoms with Gasteiger partial charge in [0.2, 0.25) is 0 Å². The molecule has 1 N–H and O–H groups in total. The lowest BCUT2D eigenvalue weighted by atomic mass is 10.4. The number of aryl methyl sites for hydroxylation is 1. The summed E-state index contributed by atoms with van der Waals surface area (Å²) in [5.74, 6) is 0. The Morgan fingerprint density at radius 2 is 2.15 bits per heavy atom. The lowest BCUT2D eigenvalue weighted by Gasteiger charge is -1.98. The van der Waals surface area contributed by atoms with E-state index in [-0.39, 0.29) is 5.56 Å². The molecule has 0 aliphatic rings. The predicted molar refractivity (Wildman–Crippen MR) is 63.8 cm³/mol. The maximum Gasteiger partial charge on any atom is 0.287 e. The van der Waals surface area contributed by atoms with E-state index in [9.17, 15) is 4.79 Å². The van der Waals surface area contributed by atoms with Crippen LogP contribution in [0.15, 0.2) is 4.79 Å². The second kappa shape index (κ2) is 3.19. The van der Waals surface area contributed by atoms with Gasteiger partial charge in [0, 0.05) is 0 Å². The van der Waals surface area contributed by atoms with Crippen molar-refractivity contribution >= 4 is 50.8 Å². The average molecular weight is 402 g/mol. The van der Waals surface area contributed by atoms with Gasteiger partial charge in [-0.2, -0.15) is 4.98 Å². The third-order valence-corrected chi connectivity index (χ3v) is 3.66. The molecule has 0 amide bonds. The van der Waals surface area contributed by atoms with Crippen molar-refractivity contribution in [3.8, 4) is 0 Å². The SMILES string of the molecule is Cc1c(I)c(=O)nc2c(I)n[nH]n12. The van der Waals surface area contributed by atoms with Crippen LogP contribution in [0.3, 0.4) is 0 Å². The van der Waals surface area contributed by atoms with Gasteiger partial charge >= 0.3 is 0 Å². The van der Waals surface area contributed by atoms with Crippen LogP contribution < -0.4 is 5.56 Å². The molecule has 13 heavy (non-hydrogen) atoms. The molecule has 0 spiro atoms. The summed E-state index contributed by atoms with van der Waals surface area (Å²) in [7, 11) is 0. The molecule has 2 heterocycles. The maximum atomic E-state index is 11.3. The predicted octanol–water partition coefficient (Wildman–Crippen LogP) is 0.935. The Balaban J connectivity index is 3.05. The first kappa shape index (κ1) is 9.37. The first-order valence-electron chi connectivity index (χ1n) is 3.40. The molecule has 0 saturated heterocycles. The summed E-state index contributed by atoms with van der Waals surface area (Å²) >= 11 is 4.01. The molecule has 0 aliphatic heterocycles. The lowest BCUT2D eigenvalue weighted by molar-refractivity contribution is 0.807. The molecule has 0 radical (unpaired) electrons. The van der Waals surface area contributed by atoms with Crippen molar-refractivity contribution in [1.82, 2.24) is 19.8 Å². The van der Waals surface area contributed by atoms with Crippen LogP contribution in [0.5, 0.6) is 0 Å². The molecule has 0 unspecified atom stereocenters. The molecule has 2 aromatic heterocycles. The summed E-state index contributed by atoms with van der Waals surface area (Å²) in [6.45, 7) is 1.85. The van der Waals surface area contributed by atoms with Crippen molar-refractivity contribution in [2.24, 2.45) is 0 Å². The van der Waals surface area contributed by atoms with Crippen LogP contribution in [-0.4, -0.2) is 19.8 Å². The molecule has 2 aromatic rings. The van der Waals surface area contributed by atoms with Gasteiger partial charge in [0.05, 0.1) is 5.69 Å². The highest BCUT2D eigenvalue weighted by Crippen LogP contribution is 2.10. The first-order chi connectivity index (χ1) is 6.11. The number of hydrogen-bond donors (Lipinski definition) is 1. The van der Waals surface area contributed by atoms with E-state index in [0.717, 1.165) is 5.69 Å². The summed E-state index contributed by atoms with van der Waals surface area (Å²) in [5.41, 5.74) is 1.23. The van der Waals surface area contributed by atoms with Crippen LogP contribution in [0.4, 0.5) is 0 Å². The first-order valence-corrected chi connectivity index (χ1v) is 5.55. The van der Waals surface area contributed by atoms with Crippen molar-refractivity contribution in [3.05, 3.63) is 23.3 Å². The molecule has 2 rings (SSSR count). The number of halogens is 2. The molecule has 7 heteroatoms. The zero-order valence-electron chi connectivity index (χ0n) is 6.51. The Hall–Kier alpha value is -0.190. The molecule has 0 aliphatic carbocycles. The number of nitrogens with zero attached hydrogens (tertiary/aromatic N) is 3. The second-order valence-corrected chi connectivity index (χ2v) is 4.58. The summed E-state index contributed by atoms with van der Waals surface area (Å²) in [6.07, 6.45) is 0. The second-order valence-electron chi connectivity index (χ2n) is 2.48. The quantitative estimate of drug-likeness (QED) is 0.668. The highest BCUT2D eigenvalue weighted by atomic mass is 127. The number of aromatic nitrogens is 4. The molecular formula is C6H4I2N4O. The molecule has 5 nitrogen and oxygen atoms in total. The van der Waals surface area contributed by atoms with E-state index in [1.165, 1.54) is 0 Å². The molecule has 68 valence electrons. The van der Waals surface area contributed by atoms with Gasteiger partial charge in [0.25, 0.3) is 5.56 Å². The highest BCUT2D eigenvalue weighted by Gasteiger charge is 2.10. The van der Waals surface area contributed by atoms with Gasteiger partial charge in [-0.25, -0.2) is 9.73 Å². The molecular weight excluding hydrogens is 398 g/mol. The van der Waals surface area contributed by atoms with E-state index in [0.29, 0.717) is 12.9 Å². The minimum atomic E-state index is -0.197. The van der Waals surface area contributed by atoms with Gasteiger partial charge in [-0.1, -0.05) is 0 Å². The third kappa shape index (κ3) is 1.37.